The van der Waals surface area contributed by atoms with Gasteiger partial charge in [0.25, 0.3) is 11.6 Å². The van der Waals surface area contributed by atoms with Gasteiger partial charge in [-0.25, -0.2) is 4.68 Å². The Morgan fingerprint density at radius 3 is 2.76 bits per heavy atom. The van der Waals surface area contributed by atoms with Crippen molar-refractivity contribution in [3.63, 3.8) is 0 Å². The number of anilines is 1. The second kappa shape index (κ2) is 4.96. The highest BCUT2D eigenvalue weighted by Crippen LogP contribution is 2.21. The minimum absolute atomic E-state index is 0.0111. The number of nitro groups is 1. The average Bonchev–Trinajstić information content (AvgIpc) is 3.01. The molecule has 3 rings (SSSR count). The molecule has 9 heteroatoms. The van der Waals surface area contributed by atoms with Crippen LogP contribution in [0.25, 0.3) is 17.3 Å². The minimum Gasteiger partial charge on any atom is -0.368 e. The molecule has 1 aromatic carbocycles. The van der Waals surface area contributed by atoms with Crippen molar-refractivity contribution in [2.24, 2.45) is 0 Å². The van der Waals surface area contributed by atoms with Crippen molar-refractivity contribution >= 4 is 11.6 Å². The van der Waals surface area contributed by atoms with Crippen molar-refractivity contribution in [3.05, 3.63) is 52.8 Å². The standard InChI is InChI=1S/C12H9N7O2/c13-11-15-10(8-3-1-4-9(7-8)19(20)21)16-12(17-11)18-6-2-5-14-18/h1-7H,(H2,13,15,16,17). The molecule has 2 heterocycles. The fraction of sp³-hybridized carbons (Fsp3) is 0. The Balaban J connectivity index is 2.10. The molecule has 0 saturated carbocycles. The normalized spacial score (nSPS) is 10.5. The van der Waals surface area contributed by atoms with Crippen molar-refractivity contribution in [2.75, 3.05) is 5.73 Å². The smallest absolute Gasteiger partial charge is 0.270 e. The number of hydrogen-bond acceptors (Lipinski definition) is 7. The SMILES string of the molecule is Nc1nc(-c2cccc([N+](=O)[O-])c2)nc(-n2cccn2)n1. The van der Waals surface area contributed by atoms with Crippen LogP contribution < -0.4 is 5.73 Å². The molecule has 0 aliphatic rings. The van der Waals surface area contributed by atoms with Crippen LogP contribution in [0.1, 0.15) is 0 Å². The van der Waals surface area contributed by atoms with Gasteiger partial charge in [-0.05, 0) is 6.07 Å². The van der Waals surface area contributed by atoms with E-state index < -0.39 is 4.92 Å². The zero-order chi connectivity index (χ0) is 14.8. The predicted molar refractivity (Wildman–Crippen MR) is 73.5 cm³/mol. The Kier molecular flexibility index (Phi) is 2.99. The van der Waals surface area contributed by atoms with Crippen molar-refractivity contribution in [1.29, 1.82) is 0 Å². The number of nitrogen functional groups attached to an aromatic ring is 1. The summed E-state index contributed by atoms with van der Waals surface area (Å²) in [6.07, 6.45) is 3.24. The Morgan fingerprint density at radius 1 is 1.19 bits per heavy atom. The van der Waals surface area contributed by atoms with Crippen LogP contribution >= 0.6 is 0 Å². The molecule has 0 aliphatic carbocycles. The lowest BCUT2D eigenvalue weighted by atomic mass is 10.2. The van der Waals surface area contributed by atoms with Crippen LogP contribution in [0.15, 0.2) is 42.7 Å². The van der Waals surface area contributed by atoms with E-state index in [0.29, 0.717) is 5.56 Å². The molecule has 2 N–H and O–H groups in total. The quantitative estimate of drug-likeness (QED) is 0.565. The summed E-state index contributed by atoms with van der Waals surface area (Å²) < 4.78 is 1.43. The van der Waals surface area contributed by atoms with Gasteiger partial charge in [0.1, 0.15) is 0 Å². The molecule has 0 aliphatic heterocycles. The largest absolute Gasteiger partial charge is 0.368 e. The maximum Gasteiger partial charge on any atom is 0.270 e. The van der Waals surface area contributed by atoms with Gasteiger partial charge in [-0.2, -0.15) is 20.1 Å². The monoisotopic (exact) mass is 283 g/mol. The summed E-state index contributed by atoms with van der Waals surface area (Å²) in [5.74, 6) is 0.503. The predicted octanol–water partition coefficient (Wildman–Crippen LogP) is 1.21. The van der Waals surface area contributed by atoms with E-state index in [2.05, 4.69) is 20.1 Å². The van der Waals surface area contributed by atoms with Crippen molar-refractivity contribution in [1.82, 2.24) is 24.7 Å². The van der Waals surface area contributed by atoms with Gasteiger partial charge < -0.3 is 5.73 Å². The van der Waals surface area contributed by atoms with Gasteiger partial charge in [-0.1, -0.05) is 12.1 Å². The van der Waals surface area contributed by atoms with E-state index in [-0.39, 0.29) is 23.4 Å². The van der Waals surface area contributed by atoms with Gasteiger partial charge in [-0.15, -0.1) is 0 Å². The molecule has 0 fully saturated rings. The maximum atomic E-state index is 10.8. The Morgan fingerprint density at radius 2 is 2.05 bits per heavy atom. The molecule has 0 atom stereocenters. The van der Waals surface area contributed by atoms with E-state index in [0.717, 1.165) is 0 Å². The van der Waals surface area contributed by atoms with Gasteiger partial charge in [-0.3, -0.25) is 10.1 Å². The topological polar surface area (TPSA) is 126 Å². The number of aromatic nitrogens is 5. The lowest BCUT2D eigenvalue weighted by molar-refractivity contribution is -0.384. The molecule has 0 bridgehead atoms. The van der Waals surface area contributed by atoms with Crippen LogP contribution in [0.5, 0.6) is 0 Å². The van der Waals surface area contributed by atoms with Crippen molar-refractivity contribution < 1.29 is 4.92 Å². The number of nitro benzene ring substituents is 1. The number of benzene rings is 1. The first kappa shape index (κ1) is 12.7. The fourth-order valence-electron chi connectivity index (χ4n) is 1.76. The summed E-state index contributed by atoms with van der Waals surface area (Å²) >= 11 is 0. The Bertz CT molecular complexity index is 801. The minimum atomic E-state index is -0.484. The summed E-state index contributed by atoms with van der Waals surface area (Å²) in [5.41, 5.74) is 6.09. The van der Waals surface area contributed by atoms with Gasteiger partial charge in [0.05, 0.1) is 4.92 Å². The summed E-state index contributed by atoms with van der Waals surface area (Å²) in [7, 11) is 0. The van der Waals surface area contributed by atoms with Crippen LogP contribution in [0.2, 0.25) is 0 Å². The second-order valence-corrected chi connectivity index (χ2v) is 4.08. The zero-order valence-electron chi connectivity index (χ0n) is 10.6. The van der Waals surface area contributed by atoms with Crippen LogP contribution in [0.4, 0.5) is 11.6 Å². The molecular weight excluding hydrogens is 274 g/mol. The van der Waals surface area contributed by atoms with Gasteiger partial charge in [0.2, 0.25) is 5.95 Å². The van der Waals surface area contributed by atoms with Crippen LogP contribution in [-0.2, 0) is 0 Å². The highest BCUT2D eigenvalue weighted by atomic mass is 16.6. The second-order valence-electron chi connectivity index (χ2n) is 4.08. The van der Waals surface area contributed by atoms with Gasteiger partial charge in [0, 0.05) is 30.1 Å². The van der Waals surface area contributed by atoms with E-state index in [1.165, 1.54) is 16.8 Å². The Labute approximate surface area is 118 Å². The van der Waals surface area contributed by atoms with Crippen molar-refractivity contribution in [3.8, 4) is 17.3 Å². The number of nitrogens with zero attached hydrogens (tertiary/aromatic N) is 6. The molecule has 0 amide bonds. The molecule has 0 saturated heterocycles. The number of hydrogen-bond donors (Lipinski definition) is 1. The lowest BCUT2D eigenvalue weighted by Crippen LogP contribution is -2.08. The molecule has 104 valence electrons. The Hall–Kier alpha value is -3.36. The van der Waals surface area contributed by atoms with E-state index >= 15 is 0 Å². The summed E-state index contributed by atoms with van der Waals surface area (Å²) in [6.45, 7) is 0. The molecule has 2 aromatic heterocycles. The van der Waals surface area contributed by atoms with Crippen LogP contribution in [0.3, 0.4) is 0 Å². The van der Waals surface area contributed by atoms with E-state index in [1.54, 1.807) is 30.6 Å². The third-order valence-electron chi connectivity index (χ3n) is 2.67. The van der Waals surface area contributed by atoms with Gasteiger partial charge >= 0.3 is 0 Å². The zero-order valence-corrected chi connectivity index (χ0v) is 10.6. The molecule has 3 aromatic rings. The molecule has 9 nitrogen and oxygen atoms in total. The van der Waals surface area contributed by atoms with Crippen LogP contribution in [0, 0.1) is 10.1 Å². The third kappa shape index (κ3) is 2.52. The number of rotatable bonds is 3. The molecule has 0 radical (unpaired) electrons. The highest BCUT2D eigenvalue weighted by Gasteiger charge is 2.12. The molecular formula is C12H9N7O2. The van der Waals surface area contributed by atoms with E-state index in [1.807, 2.05) is 0 Å². The molecule has 21 heavy (non-hydrogen) atoms. The lowest BCUT2D eigenvalue weighted by Gasteiger charge is -2.04. The first-order valence-corrected chi connectivity index (χ1v) is 5.90. The van der Waals surface area contributed by atoms with E-state index in [4.69, 9.17) is 5.73 Å². The number of non-ortho nitro benzene ring substituents is 1. The fourth-order valence-corrected chi connectivity index (χ4v) is 1.76. The number of nitrogens with two attached hydrogens (primary N) is 1. The first-order chi connectivity index (χ1) is 10.1. The highest BCUT2D eigenvalue weighted by molar-refractivity contribution is 5.60. The average molecular weight is 283 g/mol. The first-order valence-electron chi connectivity index (χ1n) is 5.90. The molecule has 0 spiro atoms. The maximum absolute atomic E-state index is 10.8. The van der Waals surface area contributed by atoms with E-state index in [9.17, 15) is 10.1 Å². The van der Waals surface area contributed by atoms with Crippen molar-refractivity contribution in [2.45, 2.75) is 0 Å². The molecule has 0 unspecified atom stereocenters. The van der Waals surface area contributed by atoms with Gasteiger partial charge in [0.15, 0.2) is 5.82 Å². The summed E-state index contributed by atoms with van der Waals surface area (Å²) in [4.78, 5) is 22.5. The summed E-state index contributed by atoms with van der Waals surface area (Å²) in [5, 5.41) is 14.8. The van der Waals surface area contributed by atoms with Crippen LogP contribution in [-0.4, -0.2) is 29.7 Å². The third-order valence-corrected chi connectivity index (χ3v) is 2.67. The summed E-state index contributed by atoms with van der Waals surface area (Å²) in [6, 6.07) is 7.70.